The van der Waals surface area contributed by atoms with Crippen LogP contribution in [0.15, 0.2) is 51.9 Å². The Morgan fingerprint density at radius 1 is 1.14 bits per heavy atom. The van der Waals surface area contributed by atoms with Crippen LogP contribution in [0.4, 0.5) is 0 Å². The quantitative estimate of drug-likeness (QED) is 0.400. The van der Waals surface area contributed by atoms with E-state index in [1.54, 1.807) is 24.9 Å². The van der Waals surface area contributed by atoms with E-state index in [-0.39, 0.29) is 12.6 Å². The molecule has 0 unspecified atom stereocenters. The third kappa shape index (κ3) is 4.57. The van der Waals surface area contributed by atoms with E-state index < -0.39 is 0 Å². The Hall–Kier alpha value is -2.73. The van der Waals surface area contributed by atoms with Crippen LogP contribution >= 0.6 is 11.8 Å². The predicted octanol–water partition coefficient (Wildman–Crippen LogP) is 5.26. The highest BCUT2D eigenvalue weighted by atomic mass is 32.2. The number of esters is 1. The topological polar surface area (TPSA) is 61.6 Å². The standard InChI is InChI=1S/C22H23NO4S/c1-14-9-10-20(25-4)17(11-14)12-26-22(24)18-7-5-6-8-21(18)28-13-19-15(2)23-27-16(19)3/h5-11H,12-13H2,1-4H3. The molecule has 28 heavy (non-hydrogen) atoms. The zero-order valence-electron chi connectivity index (χ0n) is 16.4. The first kappa shape index (κ1) is 20.0. The maximum atomic E-state index is 12.7. The molecule has 0 aliphatic carbocycles. The number of benzene rings is 2. The monoisotopic (exact) mass is 397 g/mol. The summed E-state index contributed by atoms with van der Waals surface area (Å²) in [6.45, 7) is 5.96. The number of hydrogen-bond donors (Lipinski definition) is 0. The van der Waals surface area contributed by atoms with Crippen LogP contribution in [0, 0.1) is 20.8 Å². The van der Waals surface area contributed by atoms with Crippen molar-refractivity contribution in [3.63, 3.8) is 0 Å². The van der Waals surface area contributed by atoms with E-state index in [1.807, 2.05) is 57.2 Å². The van der Waals surface area contributed by atoms with Crippen LogP contribution in [0.5, 0.6) is 5.75 Å². The van der Waals surface area contributed by atoms with Crippen molar-refractivity contribution in [3.8, 4) is 5.75 Å². The fourth-order valence-electron chi connectivity index (χ4n) is 2.86. The van der Waals surface area contributed by atoms with Gasteiger partial charge >= 0.3 is 5.97 Å². The maximum Gasteiger partial charge on any atom is 0.339 e. The molecule has 0 radical (unpaired) electrons. The zero-order chi connectivity index (χ0) is 20.1. The summed E-state index contributed by atoms with van der Waals surface area (Å²) >= 11 is 1.57. The van der Waals surface area contributed by atoms with Gasteiger partial charge in [0.25, 0.3) is 0 Å². The van der Waals surface area contributed by atoms with E-state index in [2.05, 4.69) is 5.16 Å². The number of carbonyl (C=O) groups is 1. The van der Waals surface area contributed by atoms with Crippen LogP contribution < -0.4 is 4.74 Å². The maximum absolute atomic E-state index is 12.7. The molecule has 146 valence electrons. The molecule has 0 aliphatic rings. The predicted molar refractivity (Wildman–Crippen MR) is 109 cm³/mol. The summed E-state index contributed by atoms with van der Waals surface area (Å²) in [5, 5.41) is 3.98. The molecule has 1 aromatic heterocycles. The van der Waals surface area contributed by atoms with E-state index in [9.17, 15) is 4.79 Å². The summed E-state index contributed by atoms with van der Waals surface area (Å²) in [6, 6.07) is 13.3. The lowest BCUT2D eigenvalue weighted by Crippen LogP contribution is -2.07. The van der Waals surface area contributed by atoms with Gasteiger partial charge in [-0.1, -0.05) is 28.9 Å². The number of thioether (sulfide) groups is 1. The Morgan fingerprint density at radius 3 is 2.64 bits per heavy atom. The largest absolute Gasteiger partial charge is 0.496 e. The van der Waals surface area contributed by atoms with Gasteiger partial charge in [0.15, 0.2) is 0 Å². The molecule has 2 aromatic carbocycles. The molecule has 0 amide bonds. The van der Waals surface area contributed by atoms with Gasteiger partial charge in [0.05, 0.1) is 18.4 Å². The second-order valence-electron chi connectivity index (χ2n) is 6.48. The third-order valence-electron chi connectivity index (χ3n) is 4.45. The van der Waals surface area contributed by atoms with Crippen molar-refractivity contribution in [2.75, 3.05) is 7.11 Å². The number of carbonyl (C=O) groups excluding carboxylic acids is 1. The summed E-state index contributed by atoms with van der Waals surface area (Å²) in [7, 11) is 1.61. The molecular weight excluding hydrogens is 374 g/mol. The normalized spacial score (nSPS) is 10.7. The van der Waals surface area contributed by atoms with Crippen molar-refractivity contribution in [1.82, 2.24) is 5.16 Å². The molecule has 0 atom stereocenters. The molecule has 0 saturated carbocycles. The lowest BCUT2D eigenvalue weighted by molar-refractivity contribution is 0.0466. The van der Waals surface area contributed by atoms with Gasteiger partial charge in [0.1, 0.15) is 18.1 Å². The molecule has 0 N–H and O–H groups in total. The zero-order valence-corrected chi connectivity index (χ0v) is 17.3. The van der Waals surface area contributed by atoms with Crippen LogP contribution in [0.2, 0.25) is 0 Å². The van der Waals surface area contributed by atoms with Crippen molar-refractivity contribution < 1.29 is 18.8 Å². The SMILES string of the molecule is COc1ccc(C)cc1COC(=O)c1ccccc1SCc1c(C)noc1C. The van der Waals surface area contributed by atoms with Gasteiger partial charge < -0.3 is 14.0 Å². The van der Waals surface area contributed by atoms with E-state index in [4.69, 9.17) is 14.0 Å². The molecule has 3 aromatic rings. The minimum atomic E-state index is -0.356. The molecule has 0 bridgehead atoms. The molecule has 6 heteroatoms. The first-order chi connectivity index (χ1) is 13.5. The van der Waals surface area contributed by atoms with Crippen LogP contribution in [0.1, 0.15) is 38.5 Å². The van der Waals surface area contributed by atoms with Gasteiger partial charge in [-0.2, -0.15) is 0 Å². The number of rotatable bonds is 7. The van der Waals surface area contributed by atoms with E-state index >= 15 is 0 Å². The fourth-order valence-corrected chi connectivity index (χ4v) is 4.05. The van der Waals surface area contributed by atoms with Crippen LogP contribution in [-0.2, 0) is 17.1 Å². The number of ether oxygens (including phenoxy) is 2. The van der Waals surface area contributed by atoms with Crippen molar-refractivity contribution in [2.24, 2.45) is 0 Å². The number of methoxy groups -OCH3 is 1. The number of hydrogen-bond acceptors (Lipinski definition) is 6. The van der Waals surface area contributed by atoms with Crippen molar-refractivity contribution in [3.05, 3.63) is 76.2 Å². The second-order valence-corrected chi connectivity index (χ2v) is 7.50. The van der Waals surface area contributed by atoms with Gasteiger partial charge in [-0.3, -0.25) is 0 Å². The molecule has 0 spiro atoms. The number of aromatic nitrogens is 1. The van der Waals surface area contributed by atoms with E-state index in [0.717, 1.165) is 33.0 Å². The Morgan fingerprint density at radius 2 is 1.93 bits per heavy atom. The van der Waals surface area contributed by atoms with E-state index in [1.165, 1.54) is 0 Å². The Balaban J connectivity index is 1.72. The Bertz CT molecular complexity index is 961. The summed E-state index contributed by atoms with van der Waals surface area (Å²) in [4.78, 5) is 13.6. The first-order valence-corrected chi connectivity index (χ1v) is 9.92. The summed E-state index contributed by atoms with van der Waals surface area (Å²) in [6.07, 6.45) is 0. The first-order valence-electron chi connectivity index (χ1n) is 8.93. The van der Waals surface area contributed by atoms with Crippen LogP contribution in [0.3, 0.4) is 0 Å². The smallest absolute Gasteiger partial charge is 0.339 e. The lowest BCUT2D eigenvalue weighted by Gasteiger charge is -2.12. The fraction of sp³-hybridized carbons (Fsp3) is 0.273. The van der Waals surface area contributed by atoms with E-state index in [0.29, 0.717) is 17.1 Å². The van der Waals surface area contributed by atoms with Gasteiger partial charge in [0.2, 0.25) is 0 Å². The minimum absolute atomic E-state index is 0.159. The number of nitrogens with zero attached hydrogens (tertiary/aromatic N) is 1. The van der Waals surface area contributed by atoms with Crippen LogP contribution in [-0.4, -0.2) is 18.2 Å². The van der Waals surface area contributed by atoms with Gasteiger partial charge in [0, 0.05) is 21.8 Å². The van der Waals surface area contributed by atoms with Gasteiger partial charge in [-0.05, 0) is 45.0 Å². The lowest BCUT2D eigenvalue weighted by atomic mass is 10.1. The number of aryl methyl sites for hydroxylation is 3. The molecule has 0 fully saturated rings. The average molecular weight is 397 g/mol. The minimum Gasteiger partial charge on any atom is -0.496 e. The molecular formula is C22H23NO4S. The third-order valence-corrected chi connectivity index (χ3v) is 5.55. The van der Waals surface area contributed by atoms with Gasteiger partial charge in [-0.15, -0.1) is 11.8 Å². The molecule has 0 aliphatic heterocycles. The molecule has 1 heterocycles. The van der Waals surface area contributed by atoms with Crippen molar-refractivity contribution in [1.29, 1.82) is 0 Å². The van der Waals surface area contributed by atoms with Gasteiger partial charge in [-0.25, -0.2) is 4.79 Å². The summed E-state index contributed by atoms with van der Waals surface area (Å²) in [5.41, 5.74) is 4.40. The highest BCUT2D eigenvalue weighted by Gasteiger charge is 2.16. The summed E-state index contributed by atoms with van der Waals surface area (Å²) in [5.74, 6) is 1.83. The Kier molecular flexibility index (Phi) is 6.41. The van der Waals surface area contributed by atoms with Crippen molar-refractivity contribution >= 4 is 17.7 Å². The Labute approximate surface area is 169 Å². The van der Waals surface area contributed by atoms with Crippen LogP contribution in [0.25, 0.3) is 0 Å². The second kappa shape index (κ2) is 8.97. The molecule has 0 saturated heterocycles. The highest BCUT2D eigenvalue weighted by molar-refractivity contribution is 7.98. The average Bonchev–Trinajstić information content (AvgIpc) is 3.02. The summed E-state index contributed by atoms with van der Waals surface area (Å²) < 4.78 is 16.1. The highest BCUT2D eigenvalue weighted by Crippen LogP contribution is 2.29. The molecule has 3 rings (SSSR count). The molecule has 5 nitrogen and oxygen atoms in total. The van der Waals surface area contributed by atoms with Crippen molar-refractivity contribution in [2.45, 2.75) is 38.0 Å².